The number of morpholine rings is 1. The van der Waals surface area contributed by atoms with Gasteiger partial charge in [-0.3, -0.25) is 4.79 Å². The highest BCUT2D eigenvalue weighted by Gasteiger charge is 2.21. The lowest BCUT2D eigenvalue weighted by atomic mass is 9.86. The Kier molecular flexibility index (Phi) is 4.65. The highest BCUT2D eigenvalue weighted by molar-refractivity contribution is 5.77. The summed E-state index contributed by atoms with van der Waals surface area (Å²) in [6.07, 6.45) is 0. The molecule has 1 heterocycles. The number of carbonyl (C=O) groups is 1. The van der Waals surface area contributed by atoms with Crippen LogP contribution in [0.5, 0.6) is 5.75 Å². The zero-order valence-electron chi connectivity index (χ0n) is 12.5. The van der Waals surface area contributed by atoms with Gasteiger partial charge in [0.15, 0.2) is 6.61 Å². The Morgan fingerprint density at radius 1 is 1.25 bits per heavy atom. The number of rotatable bonds is 3. The predicted molar refractivity (Wildman–Crippen MR) is 78.0 cm³/mol. The molecular weight excluding hydrogens is 254 g/mol. The molecule has 0 radical (unpaired) electrons. The second kappa shape index (κ2) is 6.27. The molecule has 0 saturated carbocycles. The van der Waals surface area contributed by atoms with Crippen molar-refractivity contribution in [3.05, 3.63) is 29.8 Å². The summed E-state index contributed by atoms with van der Waals surface area (Å²) >= 11 is 0. The minimum absolute atomic E-state index is 0.00138. The third kappa shape index (κ3) is 3.73. The topological polar surface area (TPSA) is 38.8 Å². The molecule has 1 fully saturated rings. The summed E-state index contributed by atoms with van der Waals surface area (Å²) in [6, 6.07) is 7.91. The van der Waals surface area contributed by atoms with Gasteiger partial charge >= 0.3 is 0 Å². The number of ether oxygens (including phenoxy) is 2. The average Bonchev–Trinajstić information content (AvgIpc) is 2.45. The van der Waals surface area contributed by atoms with Crippen molar-refractivity contribution in [2.75, 3.05) is 32.9 Å². The van der Waals surface area contributed by atoms with E-state index in [0.29, 0.717) is 26.3 Å². The van der Waals surface area contributed by atoms with Crippen LogP contribution in [-0.2, 0) is 14.9 Å². The Bertz CT molecular complexity index is 459. The molecule has 1 aliphatic heterocycles. The minimum Gasteiger partial charge on any atom is -0.483 e. The van der Waals surface area contributed by atoms with Crippen molar-refractivity contribution in [3.8, 4) is 5.75 Å². The second-order valence-electron chi connectivity index (χ2n) is 6.03. The van der Waals surface area contributed by atoms with Gasteiger partial charge in [0.2, 0.25) is 0 Å². The first-order chi connectivity index (χ1) is 9.48. The summed E-state index contributed by atoms with van der Waals surface area (Å²) in [4.78, 5) is 13.9. The van der Waals surface area contributed by atoms with Crippen molar-refractivity contribution in [2.24, 2.45) is 0 Å². The zero-order valence-corrected chi connectivity index (χ0v) is 12.5. The molecule has 0 spiro atoms. The quantitative estimate of drug-likeness (QED) is 0.850. The monoisotopic (exact) mass is 277 g/mol. The first-order valence-electron chi connectivity index (χ1n) is 7.06. The lowest BCUT2D eigenvalue weighted by Gasteiger charge is -2.27. The van der Waals surface area contributed by atoms with Gasteiger partial charge in [-0.2, -0.15) is 0 Å². The molecule has 0 N–H and O–H groups in total. The summed E-state index contributed by atoms with van der Waals surface area (Å²) in [5.41, 5.74) is 1.12. The summed E-state index contributed by atoms with van der Waals surface area (Å²) in [6.45, 7) is 9.05. The first kappa shape index (κ1) is 14.9. The van der Waals surface area contributed by atoms with Crippen LogP contribution in [0.2, 0.25) is 0 Å². The van der Waals surface area contributed by atoms with Gasteiger partial charge in [0.05, 0.1) is 13.2 Å². The molecule has 110 valence electrons. The van der Waals surface area contributed by atoms with Crippen molar-refractivity contribution in [2.45, 2.75) is 26.2 Å². The molecule has 0 aromatic heterocycles. The maximum absolute atomic E-state index is 12.1. The van der Waals surface area contributed by atoms with E-state index in [9.17, 15) is 4.79 Å². The van der Waals surface area contributed by atoms with Crippen LogP contribution in [0, 0.1) is 0 Å². The van der Waals surface area contributed by atoms with Crippen molar-refractivity contribution < 1.29 is 14.3 Å². The maximum Gasteiger partial charge on any atom is 0.260 e. The molecule has 1 aliphatic rings. The Morgan fingerprint density at radius 2 is 1.90 bits per heavy atom. The number of benzene rings is 1. The van der Waals surface area contributed by atoms with E-state index in [1.54, 1.807) is 4.90 Å². The van der Waals surface area contributed by atoms with E-state index in [1.807, 2.05) is 18.2 Å². The largest absolute Gasteiger partial charge is 0.483 e. The normalized spacial score (nSPS) is 16.1. The van der Waals surface area contributed by atoms with E-state index in [1.165, 1.54) is 0 Å². The first-order valence-corrected chi connectivity index (χ1v) is 7.06. The predicted octanol–water partition coefficient (Wildman–Crippen LogP) is 2.22. The number of hydrogen-bond acceptors (Lipinski definition) is 3. The number of hydrogen-bond donors (Lipinski definition) is 0. The molecule has 0 aliphatic carbocycles. The fraction of sp³-hybridized carbons (Fsp3) is 0.562. The second-order valence-corrected chi connectivity index (χ2v) is 6.03. The van der Waals surface area contributed by atoms with Gasteiger partial charge in [0.1, 0.15) is 5.75 Å². The van der Waals surface area contributed by atoms with Gasteiger partial charge in [-0.1, -0.05) is 39.0 Å². The summed E-state index contributed by atoms with van der Waals surface area (Å²) in [5.74, 6) is 0.818. The lowest BCUT2D eigenvalue weighted by Crippen LogP contribution is -2.43. The third-order valence-corrected chi connectivity index (χ3v) is 3.41. The Hall–Kier alpha value is -1.55. The highest BCUT2D eigenvalue weighted by Crippen LogP contribution is 2.30. The summed E-state index contributed by atoms with van der Waals surface area (Å²) in [7, 11) is 0. The van der Waals surface area contributed by atoms with Crippen molar-refractivity contribution in [3.63, 3.8) is 0 Å². The average molecular weight is 277 g/mol. The lowest BCUT2D eigenvalue weighted by molar-refractivity contribution is -0.137. The van der Waals surface area contributed by atoms with Gasteiger partial charge in [0.25, 0.3) is 5.91 Å². The summed E-state index contributed by atoms with van der Waals surface area (Å²) in [5, 5.41) is 0. The van der Waals surface area contributed by atoms with Crippen LogP contribution in [-0.4, -0.2) is 43.7 Å². The van der Waals surface area contributed by atoms with Crippen LogP contribution in [0.25, 0.3) is 0 Å². The van der Waals surface area contributed by atoms with Crippen LogP contribution in [0.3, 0.4) is 0 Å². The smallest absolute Gasteiger partial charge is 0.260 e. The van der Waals surface area contributed by atoms with Crippen LogP contribution in [0.15, 0.2) is 24.3 Å². The Balaban J connectivity index is 1.98. The molecule has 1 amide bonds. The molecular formula is C16H23NO3. The van der Waals surface area contributed by atoms with Crippen LogP contribution >= 0.6 is 0 Å². The Morgan fingerprint density at radius 3 is 2.55 bits per heavy atom. The third-order valence-electron chi connectivity index (χ3n) is 3.41. The minimum atomic E-state index is -0.00138. The number of amides is 1. The molecule has 0 bridgehead atoms. The van der Waals surface area contributed by atoms with Gasteiger partial charge in [-0.25, -0.2) is 0 Å². The molecule has 1 saturated heterocycles. The maximum atomic E-state index is 12.1. The van der Waals surface area contributed by atoms with E-state index >= 15 is 0 Å². The van der Waals surface area contributed by atoms with Crippen LogP contribution in [0.4, 0.5) is 0 Å². The zero-order chi connectivity index (χ0) is 14.6. The number of nitrogens with zero attached hydrogens (tertiary/aromatic N) is 1. The molecule has 4 nitrogen and oxygen atoms in total. The van der Waals surface area contributed by atoms with E-state index in [0.717, 1.165) is 11.3 Å². The van der Waals surface area contributed by atoms with Crippen molar-refractivity contribution >= 4 is 5.91 Å². The number of carbonyl (C=O) groups excluding carboxylic acids is 1. The molecule has 1 aromatic rings. The van der Waals surface area contributed by atoms with E-state index < -0.39 is 0 Å². The molecule has 1 aromatic carbocycles. The SMILES string of the molecule is CC(C)(C)c1ccccc1OCC(=O)N1CCOCC1. The Labute approximate surface area is 120 Å². The van der Waals surface area contributed by atoms with E-state index in [-0.39, 0.29) is 17.9 Å². The highest BCUT2D eigenvalue weighted by atomic mass is 16.5. The van der Waals surface area contributed by atoms with Gasteiger partial charge in [0, 0.05) is 13.1 Å². The van der Waals surface area contributed by atoms with Gasteiger partial charge in [-0.05, 0) is 17.0 Å². The molecule has 4 heteroatoms. The molecule has 0 unspecified atom stereocenters. The van der Waals surface area contributed by atoms with E-state index in [2.05, 4.69) is 26.8 Å². The fourth-order valence-electron chi connectivity index (χ4n) is 2.26. The van der Waals surface area contributed by atoms with Crippen LogP contribution < -0.4 is 4.74 Å². The van der Waals surface area contributed by atoms with Crippen molar-refractivity contribution in [1.29, 1.82) is 0 Å². The standard InChI is InChI=1S/C16H23NO3/c1-16(2,3)13-6-4-5-7-14(13)20-12-15(18)17-8-10-19-11-9-17/h4-7H,8-12H2,1-3H3. The van der Waals surface area contributed by atoms with Crippen LogP contribution in [0.1, 0.15) is 26.3 Å². The molecule has 2 rings (SSSR count). The van der Waals surface area contributed by atoms with Gasteiger partial charge < -0.3 is 14.4 Å². The number of para-hydroxylation sites is 1. The molecule has 0 atom stereocenters. The summed E-state index contributed by atoms with van der Waals surface area (Å²) < 4.78 is 11.0. The van der Waals surface area contributed by atoms with E-state index in [4.69, 9.17) is 9.47 Å². The van der Waals surface area contributed by atoms with Crippen molar-refractivity contribution in [1.82, 2.24) is 4.90 Å². The fourth-order valence-corrected chi connectivity index (χ4v) is 2.26. The van der Waals surface area contributed by atoms with Gasteiger partial charge in [-0.15, -0.1) is 0 Å². The molecule has 20 heavy (non-hydrogen) atoms.